The molecular formula is C25H19ClFN5O3. The van der Waals surface area contributed by atoms with Gasteiger partial charge in [-0.05, 0) is 48.0 Å². The van der Waals surface area contributed by atoms with Crippen LogP contribution in [-0.2, 0) is 16.6 Å². The third kappa shape index (κ3) is 4.05. The number of pyridine rings is 2. The molecule has 0 spiro atoms. The fraction of sp³-hybridized carbons (Fsp3) is 0.120. The monoisotopic (exact) mass is 491 g/mol. The highest BCUT2D eigenvalue weighted by Crippen LogP contribution is 2.30. The van der Waals surface area contributed by atoms with E-state index in [4.69, 9.17) is 16.3 Å². The third-order valence-corrected chi connectivity index (χ3v) is 5.97. The summed E-state index contributed by atoms with van der Waals surface area (Å²) >= 11 is 6.01. The van der Waals surface area contributed by atoms with Crippen molar-refractivity contribution in [2.45, 2.75) is 0 Å². The van der Waals surface area contributed by atoms with Crippen molar-refractivity contribution in [2.75, 3.05) is 19.0 Å². The second-order valence-corrected chi connectivity index (χ2v) is 8.32. The number of rotatable bonds is 5. The van der Waals surface area contributed by atoms with Gasteiger partial charge < -0.3 is 10.1 Å². The fourth-order valence-corrected chi connectivity index (χ4v) is 4.16. The van der Waals surface area contributed by atoms with E-state index in [1.165, 1.54) is 34.4 Å². The number of carbonyl (C=O) groups is 1. The maximum Gasteiger partial charge on any atom is 0.333 e. The lowest BCUT2D eigenvalue weighted by atomic mass is 10.0. The molecule has 10 heteroatoms. The minimum atomic E-state index is -0.563. The minimum absolute atomic E-state index is 0.0604. The molecule has 5 aromatic rings. The fourth-order valence-electron chi connectivity index (χ4n) is 3.99. The van der Waals surface area contributed by atoms with Crippen LogP contribution in [0.3, 0.4) is 0 Å². The molecular weight excluding hydrogens is 473 g/mol. The predicted molar refractivity (Wildman–Crippen MR) is 133 cm³/mol. The zero-order valence-electron chi connectivity index (χ0n) is 18.8. The lowest BCUT2D eigenvalue weighted by Crippen LogP contribution is -2.20. The highest BCUT2D eigenvalue weighted by atomic mass is 35.5. The van der Waals surface area contributed by atoms with E-state index in [0.717, 1.165) is 16.5 Å². The molecule has 1 N–H and O–H groups in total. The van der Waals surface area contributed by atoms with E-state index in [0.29, 0.717) is 28.1 Å². The molecule has 0 unspecified atom stereocenters. The summed E-state index contributed by atoms with van der Waals surface area (Å²) in [7, 11) is 3.10. The lowest BCUT2D eigenvalue weighted by Gasteiger charge is -2.09. The first-order valence-electron chi connectivity index (χ1n) is 10.6. The molecule has 5 rings (SSSR count). The van der Waals surface area contributed by atoms with Crippen molar-refractivity contribution in [1.82, 2.24) is 19.1 Å². The molecule has 0 bridgehead atoms. The number of anilines is 1. The summed E-state index contributed by atoms with van der Waals surface area (Å²) in [4.78, 5) is 33.7. The number of halogens is 2. The van der Waals surface area contributed by atoms with E-state index in [9.17, 15) is 14.0 Å². The molecule has 0 aliphatic carbocycles. The number of nitrogens with one attached hydrogen (secondary N) is 1. The molecule has 0 atom stereocenters. The van der Waals surface area contributed by atoms with E-state index >= 15 is 0 Å². The van der Waals surface area contributed by atoms with E-state index in [1.54, 1.807) is 25.5 Å². The average Bonchev–Trinajstić information content (AvgIpc) is 3.11. The standard InChI is InChI=1S/C25H19ClFN5O3/c1-31-21-12-28-20-7-3-14(15-4-8-22(29-11-15)30-23(33)13-35-2)9-17(20)24(21)32(25(31)34)16-5-6-19(27)18(26)10-16/h3-12H,13H2,1-2H3,(H,29,30,33). The van der Waals surface area contributed by atoms with E-state index < -0.39 is 5.82 Å². The molecule has 0 fully saturated rings. The van der Waals surface area contributed by atoms with Gasteiger partial charge in [0, 0.05) is 31.3 Å². The van der Waals surface area contributed by atoms with Crippen molar-refractivity contribution >= 4 is 45.3 Å². The smallest absolute Gasteiger partial charge is 0.333 e. The van der Waals surface area contributed by atoms with Crippen molar-refractivity contribution < 1.29 is 13.9 Å². The summed E-state index contributed by atoms with van der Waals surface area (Å²) in [6.45, 7) is -0.0604. The summed E-state index contributed by atoms with van der Waals surface area (Å²) in [5, 5.41) is 3.31. The summed E-state index contributed by atoms with van der Waals surface area (Å²) in [6, 6.07) is 13.4. The first kappa shape index (κ1) is 22.7. The van der Waals surface area contributed by atoms with Gasteiger partial charge in [0.25, 0.3) is 5.91 Å². The Morgan fingerprint density at radius 1 is 1.09 bits per heavy atom. The SMILES string of the molecule is COCC(=O)Nc1ccc(-c2ccc3ncc4c(c3c2)n(-c2ccc(F)c(Cl)c2)c(=O)n4C)cn1. The zero-order valence-corrected chi connectivity index (χ0v) is 19.5. The van der Waals surface area contributed by atoms with E-state index in [-0.39, 0.29) is 23.2 Å². The second kappa shape index (κ2) is 8.94. The Labute approximate surface area is 203 Å². The van der Waals surface area contributed by atoms with Gasteiger partial charge in [0.2, 0.25) is 0 Å². The van der Waals surface area contributed by atoms with Crippen LogP contribution in [0.2, 0.25) is 5.02 Å². The first-order chi connectivity index (χ1) is 16.9. The summed E-state index contributed by atoms with van der Waals surface area (Å²) < 4.78 is 21.6. The summed E-state index contributed by atoms with van der Waals surface area (Å²) in [5.74, 6) is -0.451. The lowest BCUT2D eigenvalue weighted by molar-refractivity contribution is -0.119. The van der Waals surface area contributed by atoms with Gasteiger partial charge in [0.1, 0.15) is 18.2 Å². The Bertz CT molecular complexity index is 1660. The van der Waals surface area contributed by atoms with Crippen molar-refractivity contribution in [1.29, 1.82) is 0 Å². The Balaban J connectivity index is 1.66. The van der Waals surface area contributed by atoms with Crippen molar-refractivity contribution in [2.24, 2.45) is 7.05 Å². The number of amides is 1. The average molecular weight is 492 g/mol. The molecule has 0 aliphatic rings. The molecule has 0 saturated carbocycles. The molecule has 2 aromatic carbocycles. The largest absolute Gasteiger partial charge is 0.375 e. The van der Waals surface area contributed by atoms with Crippen LogP contribution in [0.15, 0.2) is 65.7 Å². The van der Waals surface area contributed by atoms with Crippen molar-refractivity contribution in [3.05, 3.63) is 82.2 Å². The molecule has 35 heavy (non-hydrogen) atoms. The molecule has 0 saturated heterocycles. The number of hydrogen-bond acceptors (Lipinski definition) is 5. The van der Waals surface area contributed by atoms with Crippen LogP contribution in [0, 0.1) is 5.82 Å². The van der Waals surface area contributed by atoms with Crippen LogP contribution in [-0.4, -0.2) is 38.7 Å². The topological polar surface area (TPSA) is 91.0 Å². The highest BCUT2D eigenvalue weighted by Gasteiger charge is 2.17. The summed E-state index contributed by atoms with van der Waals surface area (Å²) in [5.41, 5.74) is 3.73. The molecule has 3 heterocycles. The van der Waals surface area contributed by atoms with Gasteiger partial charge in [0.05, 0.1) is 33.5 Å². The number of aromatic nitrogens is 4. The first-order valence-corrected chi connectivity index (χ1v) is 11.0. The second-order valence-electron chi connectivity index (χ2n) is 7.91. The van der Waals surface area contributed by atoms with E-state index in [1.807, 2.05) is 24.3 Å². The number of aryl methyl sites for hydroxylation is 1. The minimum Gasteiger partial charge on any atom is -0.375 e. The van der Waals surface area contributed by atoms with E-state index in [2.05, 4.69) is 15.3 Å². The molecule has 0 radical (unpaired) electrons. The summed E-state index contributed by atoms with van der Waals surface area (Å²) in [6.07, 6.45) is 3.29. The molecule has 176 valence electrons. The number of nitrogens with zero attached hydrogens (tertiary/aromatic N) is 4. The Kier molecular flexibility index (Phi) is 5.80. The van der Waals surface area contributed by atoms with Crippen LogP contribution in [0.25, 0.3) is 38.8 Å². The van der Waals surface area contributed by atoms with Gasteiger partial charge in [-0.15, -0.1) is 0 Å². The van der Waals surface area contributed by atoms with Crippen LogP contribution in [0.5, 0.6) is 0 Å². The Morgan fingerprint density at radius 3 is 2.60 bits per heavy atom. The number of hydrogen-bond donors (Lipinski definition) is 1. The molecule has 0 aliphatic heterocycles. The molecule has 1 amide bonds. The van der Waals surface area contributed by atoms with Gasteiger partial charge in [-0.1, -0.05) is 17.7 Å². The van der Waals surface area contributed by atoms with Gasteiger partial charge in [-0.3, -0.25) is 18.9 Å². The van der Waals surface area contributed by atoms with Gasteiger partial charge in [0.15, 0.2) is 0 Å². The van der Waals surface area contributed by atoms with Gasteiger partial charge in [-0.2, -0.15) is 0 Å². The van der Waals surface area contributed by atoms with Crippen LogP contribution in [0.1, 0.15) is 0 Å². The quantitative estimate of drug-likeness (QED) is 0.395. The molecule has 3 aromatic heterocycles. The maximum absolute atomic E-state index is 13.8. The number of carbonyl (C=O) groups excluding carboxylic acids is 1. The predicted octanol–water partition coefficient (Wildman–Crippen LogP) is 4.32. The highest BCUT2D eigenvalue weighted by molar-refractivity contribution is 6.30. The zero-order chi connectivity index (χ0) is 24.7. The maximum atomic E-state index is 13.8. The number of ether oxygens (including phenoxy) is 1. The number of benzene rings is 2. The van der Waals surface area contributed by atoms with Crippen molar-refractivity contribution in [3.8, 4) is 16.8 Å². The Morgan fingerprint density at radius 2 is 1.89 bits per heavy atom. The number of imidazole rings is 1. The Hall–Kier alpha value is -4.08. The van der Waals surface area contributed by atoms with Gasteiger partial charge in [-0.25, -0.2) is 14.2 Å². The third-order valence-electron chi connectivity index (χ3n) is 5.68. The van der Waals surface area contributed by atoms with Crippen LogP contribution < -0.4 is 11.0 Å². The van der Waals surface area contributed by atoms with Crippen LogP contribution in [0.4, 0.5) is 10.2 Å². The number of methoxy groups -OCH3 is 1. The van der Waals surface area contributed by atoms with Gasteiger partial charge >= 0.3 is 5.69 Å². The van der Waals surface area contributed by atoms with Crippen LogP contribution >= 0.6 is 11.6 Å². The molecule has 8 nitrogen and oxygen atoms in total. The number of fused-ring (bicyclic) bond motifs is 3. The van der Waals surface area contributed by atoms with Crippen molar-refractivity contribution in [3.63, 3.8) is 0 Å². The normalized spacial score (nSPS) is 11.3.